The van der Waals surface area contributed by atoms with Gasteiger partial charge in [0.25, 0.3) is 0 Å². The second-order valence-corrected chi connectivity index (χ2v) is 4.22. The van der Waals surface area contributed by atoms with E-state index in [4.69, 9.17) is 4.74 Å². The van der Waals surface area contributed by atoms with E-state index in [2.05, 4.69) is 5.32 Å². The van der Waals surface area contributed by atoms with Crippen molar-refractivity contribution >= 4 is 5.91 Å². The molecule has 1 unspecified atom stereocenters. The van der Waals surface area contributed by atoms with Gasteiger partial charge >= 0.3 is 0 Å². The van der Waals surface area contributed by atoms with Crippen LogP contribution in [0, 0.1) is 11.6 Å². The first kappa shape index (κ1) is 16.1. The summed E-state index contributed by atoms with van der Waals surface area (Å²) in [5, 5.41) is 12.1. The molecule has 0 aliphatic carbocycles. The Morgan fingerprint density at radius 1 is 1.45 bits per heavy atom. The number of hydrogen-bond acceptors (Lipinski definition) is 3. The van der Waals surface area contributed by atoms with Gasteiger partial charge in [0.1, 0.15) is 18.5 Å². The lowest BCUT2D eigenvalue weighted by Crippen LogP contribution is -2.35. The maximum absolute atomic E-state index is 12.9. The zero-order valence-corrected chi connectivity index (χ0v) is 11.3. The highest BCUT2D eigenvalue weighted by Gasteiger charge is 2.10. The lowest BCUT2D eigenvalue weighted by atomic mass is 10.2. The predicted octanol–water partition coefficient (Wildman–Crippen LogP) is 1.79. The molecule has 1 amide bonds. The summed E-state index contributed by atoms with van der Waals surface area (Å²) in [6, 6.07) is 3.09. The second kappa shape index (κ2) is 7.59. The third-order valence-corrected chi connectivity index (χ3v) is 2.62. The van der Waals surface area contributed by atoms with Gasteiger partial charge in [-0.15, -0.1) is 0 Å². The first-order valence-electron chi connectivity index (χ1n) is 6.11. The van der Waals surface area contributed by atoms with Gasteiger partial charge in [0.2, 0.25) is 5.91 Å². The molecule has 4 nitrogen and oxygen atoms in total. The van der Waals surface area contributed by atoms with Crippen molar-refractivity contribution in [1.82, 2.24) is 5.32 Å². The van der Waals surface area contributed by atoms with Crippen LogP contribution in [0.25, 0.3) is 0 Å². The predicted molar refractivity (Wildman–Crippen MR) is 70.3 cm³/mol. The van der Waals surface area contributed by atoms with Crippen molar-refractivity contribution in [2.24, 2.45) is 0 Å². The molecule has 1 rings (SSSR count). The molecule has 1 atom stereocenters. The summed E-state index contributed by atoms with van der Waals surface area (Å²) >= 11 is 0. The van der Waals surface area contributed by atoms with Crippen LogP contribution in [0.4, 0.5) is 8.78 Å². The third kappa shape index (κ3) is 4.97. The Morgan fingerprint density at radius 3 is 2.75 bits per heavy atom. The Labute approximate surface area is 116 Å². The molecule has 20 heavy (non-hydrogen) atoms. The standard InChI is InChI=1S/C14H17F2NO3/c1-3-9(2)14(19)17-7-10(18)8-20-11-4-5-12(15)13(16)6-11/h3-6,10,18H,7-8H2,1-2H3,(H,17,19)/b9-3-. The molecule has 1 aromatic carbocycles. The largest absolute Gasteiger partial charge is 0.491 e. The van der Waals surface area contributed by atoms with Crippen LogP contribution in [0.3, 0.4) is 0 Å². The Bertz CT molecular complexity index is 503. The Morgan fingerprint density at radius 2 is 2.15 bits per heavy atom. The molecule has 2 N–H and O–H groups in total. The number of ether oxygens (including phenoxy) is 1. The number of carbonyl (C=O) groups is 1. The monoisotopic (exact) mass is 285 g/mol. The minimum absolute atomic E-state index is 0.00763. The molecule has 0 fully saturated rings. The number of rotatable bonds is 6. The topological polar surface area (TPSA) is 58.6 Å². The van der Waals surface area contributed by atoms with E-state index in [1.807, 2.05) is 0 Å². The lowest BCUT2D eigenvalue weighted by Gasteiger charge is -2.13. The molecule has 0 spiro atoms. The molecule has 110 valence electrons. The fourth-order valence-corrected chi connectivity index (χ4v) is 1.30. The van der Waals surface area contributed by atoms with Crippen LogP contribution in [0.15, 0.2) is 29.8 Å². The Balaban J connectivity index is 2.38. The molecule has 0 heterocycles. The Kier molecular flexibility index (Phi) is 6.11. The highest BCUT2D eigenvalue weighted by atomic mass is 19.2. The maximum atomic E-state index is 12.9. The number of aliphatic hydroxyl groups excluding tert-OH is 1. The van der Waals surface area contributed by atoms with Gasteiger partial charge in [-0.25, -0.2) is 8.78 Å². The molecular formula is C14H17F2NO3. The van der Waals surface area contributed by atoms with Crippen molar-refractivity contribution in [3.8, 4) is 5.75 Å². The van der Waals surface area contributed by atoms with Gasteiger partial charge in [-0.05, 0) is 26.0 Å². The molecular weight excluding hydrogens is 268 g/mol. The zero-order chi connectivity index (χ0) is 15.1. The minimum atomic E-state index is -1.02. The van der Waals surface area contributed by atoms with Crippen molar-refractivity contribution in [3.63, 3.8) is 0 Å². The van der Waals surface area contributed by atoms with Gasteiger partial charge in [-0.1, -0.05) is 6.08 Å². The fourth-order valence-electron chi connectivity index (χ4n) is 1.30. The van der Waals surface area contributed by atoms with E-state index in [0.717, 1.165) is 12.1 Å². The van der Waals surface area contributed by atoms with Crippen LogP contribution in [-0.2, 0) is 4.79 Å². The molecule has 0 radical (unpaired) electrons. The number of hydrogen-bond donors (Lipinski definition) is 2. The fraction of sp³-hybridized carbons (Fsp3) is 0.357. The molecule has 0 aliphatic rings. The molecule has 6 heteroatoms. The summed E-state index contributed by atoms with van der Waals surface area (Å²) in [6.07, 6.45) is 0.705. The number of aliphatic hydroxyl groups is 1. The molecule has 0 saturated heterocycles. The first-order chi connectivity index (χ1) is 9.43. The van der Waals surface area contributed by atoms with E-state index in [1.54, 1.807) is 19.9 Å². The van der Waals surface area contributed by atoms with Gasteiger partial charge in [-0.2, -0.15) is 0 Å². The van der Waals surface area contributed by atoms with Crippen LogP contribution in [-0.4, -0.2) is 30.3 Å². The van der Waals surface area contributed by atoms with Crippen LogP contribution < -0.4 is 10.1 Å². The molecule has 0 aliphatic heterocycles. The lowest BCUT2D eigenvalue weighted by molar-refractivity contribution is -0.118. The number of allylic oxidation sites excluding steroid dienone is 1. The summed E-state index contributed by atoms with van der Waals surface area (Å²) in [5.41, 5.74) is 0.540. The number of amides is 1. The van der Waals surface area contributed by atoms with Crippen molar-refractivity contribution in [2.45, 2.75) is 20.0 Å². The van der Waals surface area contributed by atoms with Crippen molar-refractivity contribution < 1.29 is 23.4 Å². The molecule has 0 saturated carbocycles. The quantitative estimate of drug-likeness (QED) is 0.783. The smallest absolute Gasteiger partial charge is 0.246 e. The average Bonchev–Trinajstić information content (AvgIpc) is 2.45. The molecule has 0 bridgehead atoms. The number of halogens is 2. The zero-order valence-electron chi connectivity index (χ0n) is 11.3. The second-order valence-electron chi connectivity index (χ2n) is 4.22. The summed E-state index contributed by atoms with van der Waals surface area (Å²) in [5.74, 6) is -2.15. The van der Waals surface area contributed by atoms with Gasteiger partial charge < -0.3 is 15.2 Å². The van der Waals surface area contributed by atoms with Gasteiger partial charge in [-0.3, -0.25) is 4.79 Å². The van der Waals surface area contributed by atoms with Crippen LogP contribution in [0.5, 0.6) is 5.75 Å². The van der Waals surface area contributed by atoms with Crippen molar-refractivity contribution in [2.75, 3.05) is 13.2 Å². The highest BCUT2D eigenvalue weighted by molar-refractivity contribution is 5.92. The summed E-state index contributed by atoms with van der Waals surface area (Å²) in [6.45, 7) is 3.25. The maximum Gasteiger partial charge on any atom is 0.246 e. The van der Waals surface area contributed by atoms with E-state index < -0.39 is 17.7 Å². The average molecular weight is 285 g/mol. The minimum Gasteiger partial charge on any atom is -0.491 e. The van der Waals surface area contributed by atoms with Crippen LogP contribution in [0.1, 0.15) is 13.8 Å². The number of benzene rings is 1. The van der Waals surface area contributed by atoms with Gasteiger partial charge in [0, 0.05) is 18.2 Å². The SMILES string of the molecule is C/C=C(/C)C(=O)NCC(O)COc1ccc(F)c(F)c1. The van der Waals surface area contributed by atoms with Crippen molar-refractivity contribution in [1.29, 1.82) is 0 Å². The number of nitrogens with one attached hydrogen (secondary N) is 1. The van der Waals surface area contributed by atoms with E-state index in [1.165, 1.54) is 6.07 Å². The summed E-state index contributed by atoms with van der Waals surface area (Å²) in [4.78, 5) is 11.4. The van der Waals surface area contributed by atoms with Crippen molar-refractivity contribution in [3.05, 3.63) is 41.5 Å². The third-order valence-electron chi connectivity index (χ3n) is 2.62. The normalized spacial score (nSPS) is 12.9. The van der Waals surface area contributed by atoms with Crippen LogP contribution >= 0.6 is 0 Å². The summed E-state index contributed by atoms with van der Waals surface area (Å²) < 4.78 is 30.7. The van der Waals surface area contributed by atoms with E-state index in [9.17, 15) is 18.7 Å². The van der Waals surface area contributed by atoms with Gasteiger partial charge in [0.05, 0.1) is 0 Å². The summed E-state index contributed by atoms with van der Waals surface area (Å²) in [7, 11) is 0. The molecule has 1 aromatic rings. The Hall–Kier alpha value is -1.95. The first-order valence-corrected chi connectivity index (χ1v) is 6.11. The number of carbonyl (C=O) groups excluding carboxylic acids is 1. The van der Waals surface area contributed by atoms with E-state index in [-0.39, 0.29) is 24.8 Å². The van der Waals surface area contributed by atoms with E-state index >= 15 is 0 Å². The molecule has 0 aromatic heterocycles. The van der Waals surface area contributed by atoms with Crippen LogP contribution in [0.2, 0.25) is 0 Å². The highest BCUT2D eigenvalue weighted by Crippen LogP contribution is 2.15. The van der Waals surface area contributed by atoms with E-state index in [0.29, 0.717) is 5.57 Å². The van der Waals surface area contributed by atoms with Gasteiger partial charge in [0.15, 0.2) is 11.6 Å².